The Morgan fingerprint density at radius 1 is 1.15 bits per heavy atom. The van der Waals surface area contributed by atoms with Crippen LogP contribution < -0.4 is 5.73 Å². The molecule has 1 aliphatic carbocycles. The molecule has 2 heterocycles. The van der Waals surface area contributed by atoms with E-state index >= 15 is 0 Å². The summed E-state index contributed by atoms with van der Waals surface area (Å²) in [5.74, 6) is -0.482. The fourth-order valence-corrected chi connectivity index (χ4v) is 4.13. The van der Waals surface area contributed by atoms with Crippen LogP contribution in [-0.2, 0) is 0 Å². The molecule has 27 heavy (non-hydrogen) atoms. The van der Waals surface area contributed by atoms with Crippen LogP contribution in [0.2, 0.25) is 0 Å². The number of aromatic nitrogens is 3. The van der Waals surface area contributed by atoms with Crippen molar-refractivity contribution in [1.82, 2.24) is 19.7 Å². The number of carbonyl (C=O) groups is 1. The molecular weight excluding hydrogens is 338 g/mol. The maximum atomic E-state index is 12.0. The molecule has 1 amide bonds. The van der Waals surface area contributed by atoms with Crippen molar-refractivity contribution in [2.45, 2.75) is 37.8 Å². The number of hydrogen-bond acceptors (Lipinski definition) is 4. The van der Waals surface area contributed by atoms with Gasteiger partial charge in [-0.05, 0) is 63.5 Å². The molecule has 140 valence electrons. The zero-order valence-corrected chi connectivity index (χ0v) is 15.8. The van der Waals surface area contributed by atoms with E-state index in [9.17, 15) is 4.79 Å². The summed E-state index contributed by atoms with van der Waals surface area (Å²) in [7, 11) is 4.28. The van der Waals surface area contributed by atoms with Gasteiger partial charge in [0.05, 0.1) is 11.6 Å². The number of amides is 1. The van der Waals surface area contributed by atoms with Crippen LogP contribution in [0.3, 0.4) is 0 Å². The predicted octanol–water partition coefficient (Wildman–Crippen LogP) is 3.24. The molecule has 1 aromatic carbocycles. The van der Waals surface area contributed by atoms with Crippen molar-refractivity contribution >= 4 is 16.8 Å². The van der Waals surface area contributed by atoms with Crippen molar-refractivity contribution in [3.8, 4) is 11.1 Å². The van der Waals surface area contributed by atoms with Crippen LogP contribution in [0, 0.1) is 0 Å². The van der Waals surface area contributed by atoms with Crippen LogP contribution in [0.4, 0.5) is 0 Å². The van der Waals surface area contributed by atoms with Crippen LogP contribution in [0.5, 0.6) is 0 Å². The number of carbonyl (C=O) groups excluding carboxylic acids is 1. The molecule has 4 rings (SSSR count). The van der Waals surface area contributed by atoms with E-state index in [0.29, 0.717) is 17.8 Å². The van der Waals surface area contributed by atoms with Gasteiger partial charge in [-0.1, -0.05) is 12.1 Å². The zero-order chi connectivity index (χ0) is 19.0. The highest BCUT2D eigenvalue weighted by Gasteiger charge is 2.27. The molecule has 6 nitrogen and oxygen atoms in total. The van der Waals surface area contributed by atoms with Gasteiger partial charge in [0.1, 0.15) is 0 Å². The Bertz CT molecular complexity index is 955. The molecule has 0 saturated heterocycles. The van der Waals surface area contributed by atoms with Gasteiger partial charge in [-0.25, -0.2) is 0 Å². The lowest BCUT2D eigenvalue weighted by Gasteiger charge is -2.33. The molecule has 0 unspecified atom stereocenters. The molecule has 0 bridgehead atoms. The van der Waals surface area contributed by atoms with Crippen molar-refractivity contribution in [3.05, 3.63) is 48.4 Å². The summed E-state index contributed by atoms with van der Waals surface area (Å²) in [6, 6.07) is 11.0. The molecule has 2 N–H and O–H groups in total. The van der Waals surface area contributed by atoms with Crippen LogP contribution in [0.15, 0.2) is 42.7 Å². The minimum atomic E-state index is -0.482. The van der Waals surface area contributed by atoms with Crippen molar-refractivity contribution in [1.29, 1.82) is 0 Å². The SMILES string of the molecule is CN(C)C1CCC(n2nc(C(N)=O)c3cc(-c4cccnc4)ccc32)CC1. The Morgan fingerprint density at radius 2 is 1.93 bits per heavy atom. The van der Waals surface area contributed by atoms with Gasteiger partial charge in [0.25, 0.3) is 5.91 Å². The van der Waals surface area contributed by atoms with E-state index in [4.69, 9.17) is 5.73 Å². The first kappa shape index (κ1) is 17.7. The third-order valence-electron chi connectivity index (χ3n) is 5.68. The van der Waals surface area contributed by atoms with Crippen LogP contribution in [0.25, 0.3) is 22.0 Å². The van der Waals surface area contributed by atoms with Crippen molar-refractivity contribution in [2.75, 3.05) is 14.1 Å². The van der Waals surface area contributed by atoms with Gasteiger partial charge >= 0.3 is 0 Å². The van der Waals surface area contributed by atoms with Gasteiger partial charge in [0.2, 0.25) is 0 Å². The van der Waals surface area contributed by atoms with Gasteiger partial charge in [0.15, 0.2) is 5.69 Å². The van der Waals surface area contributed by atoms with E-state index in [2.05, 4.69) is 41.2 Å². The first-order valence-corrected chi connectivity index (χ1v) is 9.43. The molecule has 1 saturated carbocycles. The van der Waals surface area contributed by atoms with Crippen LogP contribution in [-0.4, -0.2) is 45.7 Å². The normalized spacial score (nSPS) is 20.3. The van der Waals surface area contributed by atoms with E-state index < -0.39 is 5.91 Å². The molecule has 1 aliphatic rings. The number of primary amides is 1. The minimum Gasteiger partial charge on any atom is -0.364 e. The molecule has 0 radical (unpaired) electrons. The first-order valence-electron chi connectivity index (χ1n) is 9.43. The monoisotopic (exact) mass is 363 g/mol. The number of fused-ring (bicyclic) bond motifs is 1. The number of nitrogens with two attached hydrogens (primary N) is 1. The number of pyridine rings is 1. The smallest absolute Gasteiger partial charge is 0.269 e. The van der Waals surface area contributed by atoms with Crippen molar-refractivity contribution in [2.24, 2.45) is 5.73 Å². The Morgan fingerprint density at radius 3 is 2.56 bits per heavy atom. The van der Waals surface area contributed by atoms with E-state index in [1.807, 2.05) is 29.1 Å². The summed E-state index contributed by atoms with van der Waals surface area (Å²) in [5.41, 5.74) is 8.99. The van der Waals surface area contributed by atoms with Crippen LogP contribution >= 0.6 is 0 Å². The molecule has 2 aromatic heterocycles. The fourth-order valence-electron chi connectivity index (χ4n) is 4.13. The second-order valence-corrected chi connectivity index (χ2v) is 7.56. The third-order valence-corrected chi connectivity index (χ3v) is 5.68. The van der Waals surface area contributed by atoms with Gasteiger partial charge in [-0.3, -0.25) is 14.5 Å². The lowest BCUT2D eigenvalue weighted by molar-refractivity contribution is 0.0995. The fraction of sp³-hybridized carbons (Fsp3) is 0.381. The van der Waals surface area contributed by atoms with E-state index in [1.54, 1.807) is 6.20 Å². The van der Waals surface area contributed by atoms with E-state index in [-0.39, 0.29) is 0 Å². The zero-order valence-electron chi connectivity index (χ0n) is 15.8. The van der Waals surface area contributed by atoms with Crippen molar-refractivity contribution in [3.63, 3.8) is 0 Å². The van der Waals surface area contributed by atoms with Gasteiger partial charge in [-0.15, -0.1) is 0 Å². The Kier molecular flexibility index (Phi) is 4.66. The maximum Gasteiger partial charge on any atom is 0.269 e. The molecule has 3 aromatic rings. The standard InChI is InChI=1S/C21H25N5O/c1-25(2)16-6-8-17(9-7-16)26-19-10-5-14(15-4-3-11-23-13-15)12-18(19)20(24-26)21(22)27/h3-5,10-13,16-17H,6-9H2,1-2H3,(H2,22,27). The minimum absolute atomic E-state index is 0.307. The Hall–Kier alpha value is -2.73. The molecule has 0 spiro atoms. The van der Waals surface area contributed by atoms with Gasteiger partial charge < -0.3 is 10.6 Å². The molecule has 6 heteroatoms. The molecule has 0 atom stereocenters. The summed E-state index contributed by atoms with van der Waals surface area (Å²) in [4.78, 5) is 18.5. The lowest BCUT2D eigenvalue weighted by Crippen LogP contribution is -2.33. The Labute approximate surface area is 159 Å². The number of nitrogens with zero attached hydrogens (tertiary/aromatic N) is 4. The summed E-state index contributed by atoms with van der Waals surface area (Å²) in [6.07, 6.45) is 7.96. The maximum absolute atomic E-state index is 12.0. The summed E-state index contributed by atoms with van der Waals surface area (Å²) < 4.78 is 2.02. The quantitative estimate of drug-likeness (QED) is 0.772. The van der Waals surface area contributed by atoms with E-state index in [0.717, 1.165) is 47.7 Å². The summed E-state index contributed by atoms with van der Waals surface area (Å²) in [6.45, 7) is 0. The highest BCUT2D eigenvalue weighted by atomic mass is 16.1. The number of hydrogen-bond donors (Lipinski definition) is 1. The molecule has 1 fully saturated rings. The average Bonchev–Trinajstić information content (AvgIpc) is 3.08. The lowest BCUT2D eigenvalue weighted by atomic mass is 9.90. The van der Waals surface area contributed by atoms with Gasteiger partial charge in [0, 0.05) is 29.4 Å². The third kappa shape index (κ3) is 3.32. The topological polar surface area (TPSA) is 77.0 Å². The highest BCUT2D eigenvalue weighted by Crippen LogP contribution is 2.34. The van der Waals surface area contributed by atoms with Gasteiger partial charge in [-0.2, -0.15) is 5.10 Å². The average molecular weight is 363 g/mol. The van der Waals surface area contributed by atoms with Crippen LogP contribution in [0.1, 0.15) is 42.2 Å². The predicted molar refractivity (Wildman–Crippen MR) is 106 cm³/mol. The van der Waals surface area contributed by atoms with E-state index in [1.165, 1.54) is 0 Å². The molecule has 0 aliphatic heterocycles. The molecular formula is C21H25N5O. The second-order valence-electron chi connectivity index (χ2n) is 7.56. The first-order chi connectivity index (χ1) is 13.0. The highest BCUT2D eigenvalue weighted by molar-refractivity contribution is 6.05. The van der Waals surface area contributed by atoms with Crippen molar-refractivity contribution < 1.29 is 4.79 Å². The summed E-state index contributed by atoms with van der Waals surface area (Å²) in [5, 5.41) is 5.45. The summed E-state index contributed by atoms with van der Waals surface area (Å²) >= 11 is 0. The Balaban J connectivity index is 1.73. The second kappa shape index (κ2) is 7.12. The largest absolute Gasteiger partial charge is 0.364 e. The number of benzene rings is 1. The number of rotatable bonds is 4.